The molecule has 142 valence electrons. The molecule has 1 aliphatic heterocycles. The number of rotatable bonds is 4. The van der Waals surface area contributed by atoms with Crippen molar-refractivity contribution in [2.45, 2.75) is 46.6 Å². The lowest BCUT2D eigenvalue weighted by Crippen LogP contribution is -2.46. The average Bonchev–Trinajstić information content (AvgIpc) is 2.63. The minimum absolute atomic E-state index is 0.124. The van der Waals surface area contributed by atoms with Gasteiger partial charge in [-0.3, -0.25) is 4.90 Å². The molecule has 0 N–H and O–H groups in total. The average molecular weight is 365 g/mol. The zero-order chi connectivity index (χ0) is 19.5. The molecule has 0 amide bonds. The summed E-state index contributed by atoms with van der Waals surface area (Å²) in [6, 6.07) is 17.6. The predicted octanol–water partition coefficient (Wildman–Crippen LogP) is 6.03. The molecule has 0 radical (unpaired) electrons. The smallest absolute Gasteiger partial charge is 0.123 e. The van der Waals surface area contributed by atoms with E-state index in [1.807, 2.05) is 6.07 Å². The molecule has 27 heavy (non-hydrogen) atoms. The second-order valence-electron chi connectivity index (χ2n) is 8.85. The molecule has 2 aromatic rings. The molecule has 0 aromatic heterocycles. The Bertz CT molecular complexity index is 804. The van der Waals surface area contributed by atoms with Crippen LogP contribution in [0.2, 0.25) is 0 Å². The van der Waals surface area contributed by atoms with Crippen LogP contribution in [0.4, 0.5) is 4.39 Å². The Morgan fingerprint density at radius 2 is 1.70 bits per heavy atom. The Balaban J connectivity index is 1.63. The highest BCUT2D eigenvalue weighted by Gasteiger charge is 2.43. The van der Waals surface area contributed by atoms with Crippen LogP contribution in [0, 0.1) is 28.0 Å². The number of piperidine rings is 1. The van der Waals surface area contributed by atoms with Crippen LogP contribution >= 0.6 is 0 Å². The number of benzene rings is 2. The van der Waals surface area contributed by atoms with Crippen LogP contribution in [0.15, 0.2) is 48.5 Å². The number of likely N-dealkylation sites (tertiary alicyclic amines) is 1. The molecule has 1 aliphatic rings. The molecule has 0 unspecified atom stereocenters. The van der Waals surface area contributed by atoms with Crippen molar-refractivity contribution in [1.29, 1.82) is 5.26 Å². The Hall–Kier alpha value is -2.18. The topological polar surface area (TPSA) is 27.0 Å². The van der Waals surface area contributed by atoms with Crippen LogP contribution in [0.1, 0.15) is 45.6 Å². The first-order chi connectivity index (χ1) is 12.8. The Labute approximate surface area is 162 Å². The van der Waals surface area contributed by atoms with E-state index in [0.29, 0.717) is 6.42 Å². The van der Waals surface area contributed by atoms with E-state index in [-0.39, 0.29) is 16.6 Å². The molecular weight excluding hydrogens is 335 g/mol. The molecule has 0 spiro atoms. The Kier molecular flexibility index (Phi) is 5.67. The molecule has 1 saturated heterocycles. The van der Waals surface area contributed by atoms with Crippen molar-refractivity contribution in [3.63, 3.8) is 0 Å². The van der Waals surface area contributed by atoms with Crippen LogP contribution in [0.3, 0.4) is 0 Å². The second-order valence-corrected chi connectivity index (χ2v) is 8.85. The van der Waals surface area contributed by atoms with E-state index in [1.54, 1.807) is 12.1 Å². The molecule has 0 aliphatic carbocycles. The third-order valence-electron chi connectivity index (χ3n) is 6.34. The van der Waals surface area contributed by atoms with Gasteiger partial charge in [-0.15, -0.1) is 0 Å². The van der Waals surface area contributed by atoms with Crippen molar-refractivity contribution in [2.24, 2.45) is 10.8 Å². The van der Waals surface area contributed by atoms with Crippen LogP contribution < -0.4 is 0 Å². The van der Waals surface area contributed by atoms with E-state index in [2.05, 4.69) is 56.0 Å². The van der Waals surface area contributed by atoms with E-state index in [4.69, 9.17) is 0 Å². The first kappa shape index (κ1) is 19.6. The Morgan fingerprint density at radius 1 is 1.04 bits per heavy atom. The van der Waals surface area contributed by atoms with Crippen molar-refractivity contribution >= 4 is 0 Å². The van der Waals surface area contributed by atoms with Gasteiger partial charge in [0.05, 0.1) is 6.07 Å². The van der Waals surface area contributed by atoms with Gasteiger partial charge in [0, 0.05) is 13.0 Å². The molecule has 1 heterocycles. The summed E-state index contributed by atoms with van der Waals surface area (Å²) in [4.78, 5) is 2.48. The second kappa shape index (κ2) is 7.82. The molecular formula is C24H29FN2. The quantitative estimate of drug-likeness (QED) is 0.662. The summed E-state index contributed by atoms with van der Waals surface area (Å²) >= 11 is 0. The van der Waals surface area contributed by atoms with Gasteiger partial charge in [-0.2, -0.15) is 5.26 Å². The number of hydrogen-bond acceptors (Lipinski definition) is 2. The fraction of sp³-hybridized carbons (Fsp3) is 0.458. The zero-order valence-corrected chi connectivity index (χ0v) is 16.6. The lowest BCUT2D eigenvalue weighted by Gasteiger charge is -2.49. The minimum atomic E-state index is -0.204. The van der Waals surface area contributed by atoms with Crippen molar-refractivity contribution in [3.05, 3.63) is 59.9 Å². The van der Waals surface area contributed by atoms with E-state index >= 15 is 0 Å². The summed E-state index contributed by atoms with van der Waals surface area (Å²) in [7, 11) is 0. The van der Waals surface area contributed by atoms with Gasteiger partial charge in [0.2, 0.25) is 0 Å². The third-order valence-corrected chi connectivity index (χ3v) is 6.34. The van der Waals surface area contributed by atoms with Crippen molar-refractivity contribution in [3.8, 4) is 17.2 Å². The van der Waals surface area contributed by atoms with Gasteiger partial charge in [0.15, 0.2) is 0 Å². The summed E-state index contributed by atoms with van der Waals surface area (Å²) in [5, 5.41) is 9.30. The van der Waals surface area contributed by atoms with Crippen LogP contribution in [0.25, 0.3) is 11.1 Å². The third kappa shape index (κ3) is 4.39. The fourth-order valence-electron chi connectivity index (χ4n) is 4.21. The van der Waals surface area contributed by atoms with Gasteiger partial charge in [0.1, 0.15) is 5.82 Å². The van der Waals surface area contributed by atoms with Gasteiger partial charge in [0.25, 0.3) is 0 Å². The van der Waals surface area contributed by atoms with Crippen LogP contribution in [-0.2, 0) is 6.54 Å². The first-order valence-electron chi connectivity index (χ1n) is 9.77. The highest BCUT2D eigenvalue weighted by Crippen LogP contribution is 2.49. The largest absolute Gasteiger partial charge is 0.299 e. The molecule has 0 atom stereocenters. The maximum absolute atomic E-state index is 13.4. The van der Waals surface area contributed by atoms with Gasteiger partial charge in [-0.25, -0.2) is 4.39 Å². The van der Waals surface area contributed by atoms with E-state index in [9.17, 15) is 9.65 Å². The molecule has 0 bridgehead atoms. The molecule has 2 aromatic carbocycles. The number of nitrogens with zero attached hydrogens (tertiary/aromatic N) is 2. The molecule has 2 nitrogen and oxygen atoms in total. The van der Waals surface area contributed by atoms with E-state index in [1.165, 1.54) is 11.6 Å². The maximum atomic E-state index is 13.4. The SMILES string of the molecule is CC(C)(C)C1(CC#N)CCN(Cc2ccc(-c3cccc(F)c3)cc2)CC1. The minimum Gasteiger partial charge on any atom is -0.299 e. The fourth-order valence-corrected chi connectivity index (χ4v) is 4.21. The lowest BCUT2D eigenvalue weighted by molar-refractivity contribution is 0.00711. The maximum Gasteiger partial charge on any atom is 0.123 e. The molecule has 0 saturated carbocycles. The summed E-state index contributed by atoms with van der Waals surface area (Å²) in [5.41, 5.74) is 3.50. The number of nitriles is 1. The van der Waals surface area contributed by atoms with Crippen molar-refractivity contribution < 1.29 is 4.39 Å². The normalized spacial score (nSPS) is 17.4. The van der Waals surface area contributed by atoms with Crippen molar-refractivity contribution in [2.75, 3.05) is 13.1 Å². The summed E-state index contributed by atoms with van der Waals surface area (Å²) in [6.07, 6.45) is 2.80. The first-order valence-corrected chi connectivity index (χ1v) is 9.77. The summed E-state index contributed by atoms with van der Waals surface area (Å²) < 4.78 is 13.4. The molecule has 1 fully saturated rings. The Morgan fingerprint density at radius 3 is 2.26 bits per heavy atom. The van der Waals surface area contributed by atoms with Gasteiger partial charge < -0.3 is 0 Å². The van der Waals surface area contributed by atoms with Crippen LogP contribution in [0.5, 0.6) is 0 Å². The number of hydrogen-bond donors (Lipinski definition) is 0. The summed E-state index contributed by atoms with van der Waals surface area (Å²) in [6.45, 7) is 9.80. The van der Waals surface area contributed by atoms with Gasteiger partial charge >= 0.3 is 0 Å². The summed E-state index contributed by atoms with van der Waals surface area (Å²) in [5.74, 6) is -0.204. The van der Waals surface area contributed by atoms with Gasteiger partial charge in [-0.05, 0) is 65.6 Å². The van der Waals surface area contributed by atoms with Crippen molar-refractivity contribution in [1.82, 2.24) is 4.90 Å². The van der Waals surface area contributed by atoms with Gasteiger partial charge in [-0.1, -0.05) is 57.2 Å². The molecule has 3 rings (SSSR count). The lowest BCUT2D eigenvalue weighted by atomic mass is 9.60. The standard InChI is InChI=1S/C24H29FN2/c1-23(2,3)24(11-14-26)12-15-27(16-13-24)18-19-7-9-20(10-8-19)21-5-4-6-22(25)17-21/h4-10,17H,11-13,15-16,18H2,1-3H3. The highest BCUT2D eigenvalue weighted by atomic mass is 19.1. The molecule has 3 heteroatoms. The number of halogens is 1. The van der Waals surface area contributed by atoms with E-state index < -0.39 is 0 Å². The highest BCUT2D eigenvalue weighted by molar-refractivity contribution is 5.63. The van der Waals surface area contributed by atoms with Crippen LogP contribution in [-0.4, -0.2) is 18.0 Å². The monoisotopic (exact) mass is 364 g/mol. The predicted molar refractivity (Wildman–Crippen MR) is 108 cm³/mol. The van der Waals surface area contributed by atoms with E-state index in [0.717, 1.165) is 43.6 Å². The zero-order valence-electron chi connectivity index (χ0n) is 16.6.